The third-order valence-corrected chi connectivity index (χ3v) is 3.61. The maximum Gasteiger partial charge on any atom is 0.287 e. The molecule has 24 heavy (non-hydrogen) atoms. The van der Waals surface area contributed by atoms with Crippen molar-refractivity contribution in [1.82, 2.24) is 14.5 Å². The van der Waals surface area contributed by atoms with Crippen LogP contribution >= 0.6 is 0 Å². The van der Waals surface area contributed by atoms with E-state index in [4.69, 9.17) is 0 Å². The van der Waals surface area contributed by atoms with Crippen LogP contribution in [0.25, 0.3) is 0 Å². The van der Waals surface area contributed by atoms with Crippen LogP contribution in [0.3, 0.4) is 0 Å². The summed E-state index contributed by atoms with van der Waals surface area (Å²) >= 11 is 0. The average molecular weight is 323 g/mol. The lowest BCUT2D eigenvalue weighted by Crippen LogP contribution is -2.11. The standard InChI is InChI=1S/C17H17N5O2/c23-22(24)15-6-7-16(20-12-15)18-9-8-17-19-10-11-21(17)13-14-4-2-1-3-5-14/h1-7,10-12H,8-9,13H2,(H,18,20). The Morgan fingerprint density at radius 2 is 1.96 bits per heavy atom. The van der Waals surface area contributed by atoms with Gasteiger partial charge >= 0.3 is 0 Å². The maximum atomic E-state index is 10.6. The van der Waals surface area contributed by atoms with Crippen LogP contribution in [0.1, 0.15) is 11.4 Å². The lowest BCUT2D eigenvalue weighted by Gasteiger charge is -2.09. The smallest absolute Gasteiger partial charge is 0.287 e. The molecule has 0 spiro atoms. The Hall–Kier alpha value is -3.22. The van der Waals surface area contributed by atoms with E-state index >= 15 is 0 Å². The lowest BCUT2D eigenvalue weighted by atomic mass is 10.2. The third kappa shape index (κ3) is 3.95. The average Bonchev–Trinajstić information content (AvgIpc) is 3.03. The van der Waals surface area contributed by atoms with Crippen molar-refractivity contribution in [3.63, 3.8) is 0 Å². The predicted octanol–water partition coefficient (Wildman–Crippen LogP) is 2.89. The predicted molar refractivity (Wildman–Crippen MR) is 90.9 cm³/mol. The van der Waals surface area contributed by atoms with E-state index in [1.165, 1.54) is 17.8 Å². The van der Waals surface area contributed by atoms with Crippen LogP contribution in [0.2, 0.25) is 0 Å². The minimum atomic E-state index is -0.461. The first-order valence-electron chi connectivity index (χ1n) is 7.60. The maximum absolute atomic E-state index is 10.6. The van der Waals surface area contributed by atoms with Crippen LogP contribution in [0, 0.1) is 10.1 Å². The number of anilines is 1. The number of nitrogens with one attached hydrogen (secondary N) is 1. The minimum absolute atomic E-state index is 0.0149. The second-order valence-electron chi connectivity index (χ2n) is 5.29. The highest BCUT2D eigenvalue weighted by Crippen LogP contribution is 2.12. The van der Waals surface area contributed by atoms with Gasteiger partial charge in [-0.1, -0.05) is 30.3 Å². The van der Waals surface area contributed by atoms with Gasteiger partial charge in [0.25, 0.3) is 5.69 Å². The minimum Gasteiger partial charge on any atom is -0.370 e. The Morgan fingerprint density at radius 1 is 1.12 bits per heavy atom. The Labute approximate surface area is 139 Å². The molecule has 0 unspecified atom stereocenters. The molecule has 2 heterocycles. The van der Waals surface area contributed by atoms with Gasteiger partial charge in [0.15, 0.2) is 0 Å². The van der Waals surface area contributed by atoms with Crippen LogP contribution in [0.15, 0.2) is 61.1 Å². The van der Waals surface area contributed by atoms with E-state index in [1.807, 2.05) is 24.4 Å². The van der Waals surface area contributed by atoms with Crippen molar-refractivity contribution in [2.24, 2.45) is 0 Å². The highest BCUT2D eigenvalue weighted by Gasteiger charge is 2.06. The second-order valence-corrected chi connectivity index (χ2v) is 5.29. The molecule has 122 valence electrons. The third-order valence-electron chi connectivity index (χ3n) is 3.61. The van der Waals surface area contributed by atoms with Crippen molar-refractivity contribution in [1.29, 1.82) is 0 Å². The number of aromatic nitrogens is 3. The van der Waals surface area contributed by atoms with Crippen LogP contribution in [0.5, 0.6) is 0 Å². The normalized spacial score (nSPS) is 10.5. The van der Waals surface area contributed by atoms with Gasteiger partial charge in [-0.25, -0.2) is 9.97 Å². The topological polar surface area (TPSA) is 85.9 Å². The molecule has 7 heteroatoms. The summed E-state index contributed by atoms with van der Waals surface area (Å²) < 4.78 is 2.11. The Kier molecular flexibility index (Phi) is 4.81. The van der Waals surface area contributed by atoms with Gasteiger partial charge in [0, 0.05) is 38.0 Å². The van der Waals surface area contributed by atoms with Crippen molar-refractivity contribution in [2.45, 2.75) is 13.0 Å². The number of hydrogen-bond acceptors (Lipinski definition) is 5. The van der Waals surface area contributed by atoms with E-state index in [0.29, 0.717) is 12.4 Å². The van der Waals surface area contributed by atoms with Gasteiger partial charge in [-0.2, -0.15) is 0 Å². The van der Waals surface area contributed by atoms with E-state index in [-0.39, 0.29) is 5.69 Å². The first-order valence-corrected chi connectivity index (χ1v) is 7.60. The summed E-state index contributed by atoms with van der Waals surface area (Å²) in [4.78, 5) is 18.6. The highest BCUT2D eigenvalue weighted by atomic mass is 16.6. The quantitative estimate of drug-likeness (QED) is 0.534. The highest BCUT2D eigenvalue weighted by molar-refractivity contribution is 5.40. The fourth-order valence-electron chi connectivity index (χ4n) is 2.39. The molecule has 0 atom stereocenters. The van der Waals surface area contributed by atoms with E-state index < -0.39 is 4.92 Å². The van der Waals surface area contributed by atoms with Gasteiger partial charge in [-0.15, -0.1) is 0 Å². The van der Waals surface area contributed by atoms with E-state index in [1.54, 1.807) is 12.3 Å². The van der Waals surface area contributed by atoms with Crippen molar-refractivity contribution >= 4 is 11.5 Å². The first kappa shape index (κ1) is 15.7. The van der Waals surface area contributed by atoms with Crippen LogP contribution < -0.4 is 5.32 Å². The van der Waals surface area contributed by atoms with Gasteiger partial charge < -0.3 is 9.88 Å². The molecule has 0 saturated heterocycles. The number of nitrogens with zero attached hydrogens (tertiary/aromatic N) is 4. The Bertz CT molecular complexity index is 799. The van der Waals surface area contributed by atoms with E-state index in [2.05, 4.69) is 32.0 Å². The molecule has 0 aliphatic rings. The molecule has 0 bridgehead atoms. The molecule has 0 fully saturated rings. The molecule has 1 N–H and O–H groups in total. The number of hydrogen-bond donors (Lipinski definition) is 1. The van der Waals surface area contributed by atoms with Gasteiger partial charge in [0.05, 0.1) is 4.92 Å². The molecule has 7 nitrogen and oxygen atoms in total. The molecular weight excluding hydrogens is 306 g/mol. The molecule has 3 rings (SSSR count). The van der Waals surface area contributed by atoms with Gasteiger partial charge in [0.2, 0.25) is 0 Å². The second kappa shape index (κ2) is 7.36. The summed E-state index contributed by atoms with van der Waals surface area (Å²) in [5.41, 5.74) is 1.21. The number of benzene rings is 1. The molecular formula is C17H17N5O2. The fraction of sp³-hybridized carbons (Fsp3) is 0.176. The summed E-state index contributed by atoms with van der Waals surface area (Å²) in [6.07, 6.45) is 5.74. The summed E-state index contributed by atoms with van der Waals surface area (Å²) in [5, 5.41) is 13.8. The van der Waals surface area contributed by atoms with Gasteiger partial charge in [0.1, 0.15) is 17.8 Å². The molecule has 0 amide bonds. The summed E-state index contributed by atoms with van der Waals surface area (Å²) in [7, 11) is 0. The largest absolute Gasteiger partial charge is 0.370 e. The van der Waals surface area contributed by atoms with E-state index in [9.17, 15) is 10.1 Å². The lowest BCUT2D eigenvalue weighted by molar-refractivity contribution is -0.385. The molecule has 0 aliphatic carbocycles. The molecule has 0 radical (unpaired) electrons. The number of rotatable bonds is 7. The monoisotopic (exact) mass is 323 g/mol. The number of pyridine rings is 1. The molecule has 3 aromatic rings. The summed E-state index contributed by atoms with van der Waals surface area (Å²) in [5.74, 6) is 1.59. The summed E-state index contributed by atoms with van der Waals surface area (Å²) in [6.45, 7) is 1.43. The Morgan fingerprint density at radius 3 is 2.67 bits per heavy atom. The number of nitro groups is 1. The van der Waals surface area contributed by atoms with Crippen LogP contribution in [-0.4, -0.2) is 26.0 Å². The zero-order valence-corrected chi connectivity index (χ0v) is 13.0. The molecule has 0 aliphatic heterocycles. The van der Waals surface area contributed by atoms with Crippen molar-refractivity contribution in [3.8, 4) is 0 Å². The van der Waals surface area contributed by atoms with Gasteiger partial charge in [-0.3, -0.25) is 10.1 Å². The van der Waals surface area contributed by atoms with Crippen molar-refractivity contribution in [2.75, 3.05) is 11.9 Å². The zero-order chi connectivity index (χ0) is 16.8. The van der Waals surface area contributed by atoms with Crippen molar-refractivity contribution < 1.29 is 4.92 Å². The van der Waals surface area contributed by atoms with Gasteiger partial charge in [-0.05, 0) is 11.6 Å². The first-order chi connectivity index (χ1) is 11.7. The molecule has 0 saturated carbocycles. The Balaban J connectivity index is 1.56. The SMILES string of the molecule is O=[N+]([O-])c1ccc(NCCc2nccn2Cc2ccccc2)nc1. The van der Waals surface area contributed by atoms with Crippen LogP contribution in [-0.2, 0) is 13.0 Å². The van der Waals surface area contributed by atoms with E-state index in [0.717, 1.165) is 18.8 Å². The fourth-order valence-corrected chi connectivity index (χ4v) is 2.39. The van der Waals surface area contributed by atoms with Crippen LogP contribution in [0.4, 0.5) is 11.5 Å². The number of imidazole rings is 1. The summed E-state index contributed by atoms with van der Waals surface area (Å²) in [6, 6.07) is 13.3. The molecule has 2 aromatic heterocycles. The zero-order valence-electron chi connectivity index (χ0n) is 13.0. The van der Waals surface area contributed by atoms with Crippen molar-refractivity contribution in [3.05, 3.63) is 82.6 Å². The molecule has 1 aromatic carbocycles.